The summed E-state index contributed by atoms with van der Waals surface area (Å²) < 4.78 is 5.12. The molecule has 0 bridgehead atoms. The molecule has 7 nitrogen and oxygen atoms in total. The fraction of sp³-hybridized carbons (Fsp3) is 0.250. The molecule has 0 saturated heterocycles. The summed E-state index contributed by atoms with van der Waals surface area (Å²) in [6.45, 7) is 2.30. The van der Waals surface area contributed by atoms with E-state index in [1.807, 2.05) is 47.6 Å². The van der Waals surface area contributed by atoms with Crippen LogP contribution in [0.4, 0.5) is 0 Å². The van der Waals surface area contributed by atoms with Crippen molar-refractivity contribution in [1.29, 1.82) is 0 Å². The zero-order chi connectivity index (χ0) is 23.4. The first-order valence-electron chi connectivity index (χ1n) is 10.5. The van der Waals surface area contributed by atoms with Crippen molar-refractivity contribution >= 4 is 40.4 Å². The number of carbonyl (C=O) groups is 2. The summed E-state index contributed by atoms with van der Waals surface area (Å²) in [4.78, 5) is 36.5. The van der Waals surface area contributed by atoms with Crippen molar-refractivity contribution in [3.8, 4) is 0 Å². The number of thioether (sulfide) groups is 1. The highest BCUT2D eigenvalue weighted by Gasteiger charge is 2.41. The molecule has 1 aromatic heterocycles. The van der Waals surface area contributed by atoms with Crippen molar-refractivity contribution in [3.05, 3.63) is 87.3 Å². The molecular weight excluding hydrogens is 460 g/mol. The van der Waals surface area contributed by atoms with E-state index in [4.69, 9.17) is 21.3 Å². The third kappa shape index (κ3) is 4.96. The molecule has 1 N–H and O–H groups in total. The van der Waals surface area contributed by atoms with Gasteiger partial charge in [-0.05, 0) is 41.7 Å². The Balaban J connectivity index is 1.63. The number of halogens is 1. The maximum atomic E-state index is 12.8. The van der Waals surface area contributed by atoms with Crippen LogP contribution in [0.15, 0.2) is 76.0 Å². The second kappa shape index (κ2) is 10.2. The average molecular weight is 483 g/mol. The maximum absolute atomic E-state index is 12.8. The molecular formula is C24H23ClN4O3S. The molecule has 1 aromatic carbocycles. The predicted molar refractivity (Wildman–Crippen MR) is 129 cm³/mol. The van der Waals surface area contributed by atoms with Gasteiger partial charge in [-0.2, -0.15) is 0 Å². The highest BCUT2D eigenvalue weighted by Crippen LogP contribution is 2.45. The number of amidine groups is 1. The third-order valence-corrected chi connectivity index (χ3v) is 6.49. The number of hydrogen-bond donors (Lipinski definition) is 1. The van der Waals surface area contributed by atoms with E-state index in [9.17, 15) is 9.59 Å². The van der Waals surface area contributed by atoms with Gasteiger partial charge in [-0.15, -0.1) is 0 Å². The van der Waals surface area contributed by atoms with Gasteiger partial charge >= 0.3 is 5.97 Å². The van der Waals surface area contributed by atoms with Gasteiger partial charge in [-0.25, -0.2) is 9.79 Å². The van der Waals surface area contributed by atoms with Crippen molar-refractivity contribution in [3.63, 3.8) is 0 Å². The lowest BCUT2D eigenvalue weighted by Crippen LogP contribution is -2.38. The van der Waals surface area contributed by atoms with Gasteiger partial charge in [0.15, 0.2) is 5.17 Å². The van der Waals surface area contributed by atoms with E-state index >= 15 is 0 Å². The van der Waals surface area contributed by atoms with Crippen LogP contribution in [0.2, 0.25) is 5.02 Å². The van der Waals surface area contributed by atoms with E-state index in [0.29, 0.717) is 29.3 Å². The van der Waals surface area contributed by atoms with Crippen LogP contribution in [0.5, 0.6) is 0 Å². The maximum Gasteiger partial charge on any atom is 0.338 e. The summed E-state index contributed by atoms with van der Waals surface area (Å²) in [6.07, 6.45) is 2.40. The van der Waals surface area contributed by atoms with Gasteiger partial charge in [-0.1, -0.05) is 48.5 Å². The van der Waals surface area contributed by atoms with Crippen LogP contribution in [0, 0.1) is 0 Å². The molecule has 1 atom stereocenters. The molecule has 33 heavy (non-hydrogen) atoms. The van der Waals surface area contributed by atoms with E-state index in [0.717, 1.165) is 22.1 Å². The first kappa shape index (κ1) is 23.1. The molecule has 0 saturated carbocycles. The molecule has 170 valence electrons. The largest absolute Gasteiger partial charge is 0.466 e. The number of nitrogens with zero attached hydrogens (tertiary/aromatic N) is 3. The first-order valence-corrected chi connectivity index (χ1v) is 11.7. The number of amides is 1. The molecule has 0 aliphatic carbocycles. The summed E-state index contributed by atoms with van der Waals surface area (Å²) in [6, 6.07) is 12.4. The Morgan fingerprint density at radius 2 is 2.00 bits per heavy atom. The number of methoxy groups -OCH3 is 1. The number of aliphatic imine (C=N–C) groups is 1. The summed E-state index contributed by atoms with van der Waals surface area (Å²) in [5.74, 6) is -0.584. The zero-order valence-corrected chi connectivity index (χ0v) is 19.8. The molecule has 0 spiro atoms. The molecule has 2 aliphatic rings. The SMILES string of the molecule is CCC1=C(C(=O)OC)C(c2ccc(Cl)cc2)N2C(CC(=O)NCc3ccccn3)=CSC2=N1. The fourth-order valence-electron chi connectivity index (χ4n) is 3.79. The molecule has 0 radical (unpaired) electrons. The fourth-order valence-corrected chi connectivity index (χ4v) is 4.86. The second-order valence-electron chi connectivity index (χ2n) is 7.43. The van der Waals surface area contributed by atoms with Gasteiger partial charge < -0.3 is 15.0 Å². The second-order valence-corrected chi connectivity index (χ2v) is 8.70. The first-order chi connectivity index (χ1) is 16.0. The quantitative estimate of drug-likeness (QED) is 0.581. The Bertz CT molecular complexity index is 1150. The number of benzene rings is 1. The van der Waals surface area contributed by atoms with Crippen LogP contribution in [-0.4, -0.2) is 34.0 Å². The summed E-state index contributed by atoms with van der Waals surface area (Å²) in [7, 11) is 1.36. The highest BCUT2D eigenvalue weighted by molar-refractivity contribution is 8.16. The molecule has 9 heteroatoms. The number of carbonyl (C=O) groups excluding carboxylic acids is 2. The summed E-state index contributed by atoms with van der Waals surface area (Å²) >= 11 is 7.55. The number of fused-ring (bicyclic) bond motifs is 1. The number of allylic oxidation sites excluding steroid dienone is 1. The number of rotatable bonds is 7. The van der Waals surface area contributed by atoms with Crippen LogP contribution in [0.3, 0.4) is 0 Å². The normalized spacial score (nSPS) is 17.3. The van der Waals surface area contributed by atoms with Crippen molar-refractivity contribution in [2.75, 3.05) is 7.11 Å². The minimum absolute atomic E-state index is 0.138. The van der Waals surface area contributed by atoms with Crippen LogP contribution in [0.25, 0.3) is 0 Å². The summed E-state index contributed by atoms with van der Waals surface area (Å²) in [5, 5.41) is 6.15. The summed E-state index contributed by atoms with van der Waals surface area (Å²) in [5.41, 5.74) is 3.54. The minimum atomic E-state index is -0.470. The molecule has 3 heterocycles. The van der Waals surface area contributed by atoms with E-state index in [2.05, 4.69) is 10.3 Å². The molecule has 2 aliphatic heterocycles. The topological polar surface area (TPSA) is 83.9 Å². The molecule has 1 unspecified atom stereocenters. The highest BCUT2D eigenvalue weighted by atomic mass is 35.5. The number of hydrogen-bond acceptors (Lipinski definition) is 7. The van der Waals surface area contributed by atoms with Gasteiger partial charge in [0.05, 0.1) is 43.1 Å². The van der Waals surface area contributed by atoms with E-state index in [-0.39, 0.29) is 12.3 Å². The van der Waals surface area contributed by atoms with Crippen LogP contribution in [0.1, 0.15) is 37.1 Å². The van der Waals surface area contributed by atoms with Gasteiger partial charge in [0.1, 0.15) is 0 Å². The van der Waals surface area contributed by atoms with Gasteiger partial charge in [0.2, 0.25) is 5.91 Å². The molecule has 2 aromatic rings. The minimum Gasteiger partial charge on any atom is -0.466 e. The lowest BCUT2D eigenvalue weighted by Gasteiger charge is -2.36. The molecule has 4 rings (SSSR count). The number of esters is 1. The van der Waals surface area contributed by atoms with Crippen molar-refractivity contribution in [2.24, 2.45) is 4.99 Å². The van der Waals surface area contributed by atoms with Gasteiger partial charge in [0, 0.05) is 16.9 Å². The Labute approximate surface area is 201 Å². The van der Waals surface area contributed by atoms with Crippen molar-refractivity contribution in [2.45, 2.75) is 32.4 Å². The molecule has 1 amide bonds. The van der Waals surface area contributed by atoms with E-state index in [1.54, 1.807) is 18.3 Å². The van der Waals surface area contributed by atoms with Crippen LogP contribution in [-0.2, 0) is 20.9 Å². The predicted octanol–water partition coefficient (Wildman–Crippen LogP) is 4.58. The standard InChI is InChI=1S/C24H23ClN4O3S/c1-3-19-21(23(31)32-2)22(15-7-9-16(25)10-8-15)29-18(14-33-24(29)28-19)12-20(30)27-13-17-6-4-5-11-26-17/h4-11,14,22H,3,12-13H2,1-2H3,(H,27,30). The van der Waals surface area contributed by atoms with Crippen molar-refractivity contribution in [1.82, 2.24) is 15.2 Å². The van der Waals surface area contributed by atoms with E-state index in [1.165, 1.54) is 18.9 Å². The zero-order valence-electron chi connectivity index (χ0n) is 18.2. The Kier molecular flexibility index (Phi) is 7.15. The monoisotopic (exact) mass is 482 g/mol. The number of pyridine rings is 1. The third-order valence-electron chi connectivity index (χ3n) is 5.35. The molecule has 0 fully saturated rings. The Hall–Kier alpha value is -3.10. The van der Waals surface area contributed by atoms with E-state index < -0.39 is 12.0 Å². The number of aromatic nitrogens is 1. The number of ether oxygens (including phenoxy) is 1. The number of nitrogens with one attached hydrogen (secondary N) is 1. The van der Waals surface area contributed by atoms with Crippen molar-refractivity contribution < 1.29 is 14.3 Å². The van der Waals surface area contributed by atoms with Gasteiger partial charge in [0.25, 0.3) is 0 Å². The van der Waals surface area contributed by atoms with Crippen LogP contribution >= 0.6 is 23.4 Å². The Morgan fingerprint density at radius 3 is 2.67 bits per heavy atom. The Morgan fingerprint density at radius 1 is 1.21 bits per heavy atom. The lowest BCUT2D eigenvalue weighted by molar-refractivity contribution is -0.136. The average Bonchev–Trinajstić information content (AvgIpc) is 3.24. The lowest BCUT2D eigenvalue weighted by atomic mass is 9.93. The smallest absolute Gasteiger partial charge is 0.338 e. The van der Waals surface area contributed by atoms with Gasteiger partial charge in [-0.3, -0.25) is 9.78 Å². The van der Waals surface area contributed by atoms with Crippen LogP contribution < -0.4 is 5.32 Å².